The summed E-state index contributed by atoms with van der Waals surface area (Å²) in [4.78, 5) is 0. The third-order valence-electron chi connectivity index (χ3n) is 0.262. The summed E-state index contributed by atoms with van der Waals surface area (Å²) in [6, 6.07) is 0. The lowest BCUT2D eigenvalue weighted by Crippen LogP contribution is -1.86. The van der Waals surface area contributed by atoms with Gasteiger partial charge in [0.25, 0.3) is 0 Å². The average Bonchev–Trinajstić information content (AvgIpc) is 1.97. The van der Waals surface area contributed by atoms with Gasteiger partial charge < -0.3 is 5.73 Å². The molecule has 0 aromatic rings. The molecule has 0 unspecified atom stereocenters. The molecule has 0 heterocycles. The Morgan fingerprint density at radius 1 is 1.33 bits per heavy atom. The summed E-state index contributed by atoms with van der Waals surface area (Å²) in [7, 11) is 0. The minimum absolute atomic E-state index is 0.519. The highest BCUT2D eigenvalue weighted by Crippen LogP contribution is 1.69. The Morgan fingerprint density at radius 2 is 1.44 bits per heavy atom. The summed E-state index contributed by atoms with van der Waals surface area (Å²) >= 11 is 0. The zero-order valence-electron chi connectivity index (χ0n) is 6.48. The topological polar surface area (TPSA) is 26.0 Å². The van der Waals surface area contributed by atoms with Gasteiger partial charge >= 0.3 is 0 Å². The number of nitrogens with two attached hydrogens (primary N) is 1. The van der Waals surface area contributed by atoms with E-state index in [9.17, 15) is 0 Å². The molecule has 1 heteroatoms. The molecule has 0 aromatic carbocycles. The predicted molar refractivity (Wildman–Crippen MR) is 46.1 cm³/mol. The Hall–Kier alpha value is -0.980. The van der Waals surface area contributed by atoms with Gasteiger partial charge in [-0.15, -0.1) is 13.2 Å². The molecule has 0 aliphatic carbocycles. The fourth-order valence-electron chi connectivity index (χ4n) is 0. The second kappa shape index (κ2) is 27.9. The van der Waals surface area contributed by atoms with Crippen LogP contribution >= 0.6 is 0 Å². The number of rotatable bonds is 1. The van der Waals surface area contributed by atoms with Crippen molar-refractivity contribution in [1.29, 1.82) is 0 Å². The molecule has 0 amide bonds. The molecule has 0 rings (SSSR count). The predicted octanol–water partition coefficient (Wildman–Crippen LogP) is 2.47. The van der Waals surface area contributed by atoms with E-state index in [2.05, 4.69) is 26.3 Å². The van der Waals surface area contributed by atoms with Crippen molar-refractivity contribution in [2.45, 2.75) is 13.8 Å². The normalized spacial score (nSPS) is 4.67. The van der Waals surface area contributed by atoms with Crippen LogP contribution in [0, 0.1) is 0 Å². The Bertz CT molecular complexity index is 65.0. The second-order valence-electron chi connectivity index (χ2n) is 0.779. The van der Waals surface area contributed by atoms with Gasteiger partial charge in [0.15, 0.2) is 0 Å². The van der Waals surface area contributed by atoms with Crippen LogP contribution in [0.15, 0.2) is 38.1 Å². The van der Waals surface area contributed by atoms with Gasteiger partial charge in [-0.25, -0.2) is 0 Å². The highest BCUT2D eigenvalue weighted by atomic mass is 14.5. The molecule has 0 aliphatic heterocycles. The minimum Gasteiger partial charge on any atom is -0.399 e. The van der Waals surface area contributed by atoms with Crippen molar-refractivity contribution in [3.05, 3.63) is 38.1 Å². The quantitative estimate of drug-likeness (QED) is 0.425. The lowest BCUT2D eigenvalue weighted by atomic mass is 10.5. The monoisotopic (exact) mass is 127 g/mol. The molecule has 0 fully saturated rings. The third-order valence-corrected chi connectivity index (χ3v) is 0.262. The summed E-state index contributed by atoms with van der Waals surface area (Å²) < 4.78 is 0. The van der Waals surface area contributed by atoms with E-state index in [1.807, 2.05) is 13.8 Å². The fourth-order valence-corrected chi connectivity index (χ4v) is 0. The molecule has 0 spiro atoms. The van der Waals surface area contributed by atoms with Crippen molar-refractivity contribution in [3.63, 3.8) is 0 Å². The van der Waals surface area contributed by atoms with Gasteiger partial charge in [-0.1, -0.05) is 27.0 Å². The van der Waals surface area contributed by atoms with Crippen LogP contribution in [0.4, 0.5) is 0 Å². The van der Waals surface area contributed by atoms with E-state index in [1.54, 1.807) is 0 Å². The van der Waals surface area contributed by atoms with Crippen molar-refractivity contribution in [2.24, 2.45) is 5.73 Å². The Kier molecular flexibility index (Phi) is 48.6. The average molecular weight is 127 g/mol. The molecule has 0 radical (unpaired) electrons. The number of allylic oxidation sites excluding steroid dienone is 1. The summed E-state index contributed by atoms with van der Waals surface area (Å²) in [5, 5.41) is 0. The smallest absolute Gasteiger partial charge is 0.0234 e. The van der Waals surface area contributed by atoms with Crippen LogP contribution in [-0.2, 0) is 0 Å². The summed E-state index contributed by atoms with van der Waals surface area (Å²) in [6.07, 6.45) is 1.50. The zero-order valence-corrected chi connectivity index (χ0v) is 6.48. The molecule has 0 aromatic heterocycles. The fraction of sp³-hybridized carbons (Fsp3) is 0.250. The van der Waals surface area contributed by atoms with Crippen LogP contribution in [0.2, 0.25) is 0 Å². The highest BCUT2D eigenvalue weighted by Gasteiger charge is 1.58. The van der Waals surface area contributed by atoms with Crippen LogP contribution in [0.1, 0.15) is 13.8 Å². The third kappa shape index (κ3) is 170. The SMILES string of the molecule is C=C.C=CC(=C)N.CC. The maximum atomic E-state index is 4.98. The standard InChI is InChI=1S/C4H7N.C2H6.C2H4/c1-3-4(2)5;2*1-2/h3H,1-2,5H2;1-2H3;1-2H2. The van der Waals surface area contributed by atoms with Gasteiger partial charge in [-0.2, -0.15) is 0 Å². The van der Waals surface area contributed by atoms with E-state index in [1.165, 1.54) is 6.08 Å². The number of hydrogen-bond acceptors (Lipinski definition) is 1. The first kappa shape index (κ1) is 15.7. The lowest BCUT2D eigenvalue weighted by Gasteiger charge is -1.74. The minimum atomic E-state index is 0.519. The lowest BCUT2D eigenvalue weighted by molar-refractivity contribution is 1.46. The molecule has 54 valence electrons. The van der Waals surface area contributed by atoms with Gasteiger partial charge in [-0.3, -0.25) is 0 Å². The van der Waals surface area contributed by atoms with Crippen molar-refractivity contribution in [3.8, 4) is 0 Å². The first-order valence-corrected chi connectivity index (χ1v) is 2.84. The van der Waals surface area contributed by atoms with E-state index in [4.69, 9.17) is 5.73 Å². The molecule has 0 atom stereocenters. The maximum absolute atomic E-state index is 4.98. The van der Waals surface area contributed by atoms with Crippen molar-refractivity contribution >= 4 is 0 Å². The van der Waals surface area contributed by atoms with Gasteiger partial charge in [0.1, 0.15) is 0 Å². The molecule has 9 heavy (non-hydrogen) atoms. The van der Waals surface area contributed by atoms with Gasteiger partial charge in [0, 0.05) is 5.70 Å². The summed E-state index contributed by atoms with van der Waals surface area (Å²) in [6.45, 7) is 16.7. The second-order valence-corrected chi connectivity index (χ2v) is 0.779. The van der Waals surface area contributed by atoms with Gasteiger partial charge in [0.2, 0.25) is 0 Å². The van der Waals surface area contributed by atoms with Gasteiger partial charge in [0.05, 0.1) is 0 Å². The maximum Gasteiger partial charge on any atom is 0.0234 e. The summed E-state index contributed by atoms with van der Waals surface area (Å²) in [5.74, 6) is 0. The van der Waals surface area contributed by atoms with Crippen molar-refractivity contribution < 1.29 is 0 Å². The molecular formula is C8H17N. The van der Waals surface area contributed by atoms with E-state index in [0.29, 0.717) is 5.70 Å². The molecular weight excluding hydrogens is 110 g/mol. The van der Waals surface area contributed by atoms with Crippen LogP contribution < -0.4 is 5.73 Å². The van der Waals surface area contributed by atoms with Crippen molar-refractivity contribution in [1.82, 2.24) is 0 Å². The summed E-state index contributed by atoms with van der Waals surface area (Å²) in [5.41, 5.74) is 5.50. The molecule has 0 aliphatic rings. The van der Waals surface area contributed by atoms with Crippen molar-refractivity contribution in [2.75, 3.05) is 0 Å². The molecule has 0 bridgehead atoms. The van der Waals surface area contributed by atoms with E-state index >= 15 is 0 Å². The Labute approximate surface area is 58.6 Å². The van der Waals surface area contributed by atoms with Crippen LogP contribution in [0.3, 0.4) is 0 Å². The van der Waals surface area contributed by atoms with Crippen LogP contribution in [-0.4, -0.2) is 0 Å². The first-order valence-electron chi connectivity index (χ1n) is 2.84. The largest absolute Gasteiger partial charge is 0.399 e. The molecule has 1 nitrogen and oxygen atoms in total. The number of hydrogen-bond donors (Lipinski definition) is 1. The highest BCUT2D eigenvalue weighted by molar-refractivity contribution is 5.04. The van der Waals surface area contributed by atoms with E-state index in [-0.39, 0.29) is 0 Å². The van der Waals surface area contributed by atoms with Gasteiger partial charge in [-0.05, 0) is 6.08 Å². The van der Waals surface area contributed by atoms with E-state index in [0.717, 1.165) is 0 Å². The Balaban J connectivity index is -0.0000000771. The zero-order chi connectivity index (χ0) is 8.28. The first-order chi connectivity index (χ1) is 4.27. The van der Waals surface area contributed by atoms with Crippen LogP contribution in [0.5, 0.6) is 0 Å². The Morgan fingerprint density at radius 3 is 1.44 bits per heavy atom. The van der Waals surface area contributed by atoms with Crippen LogP contribution in [0.25, 0.3) is 0 Å². The molecule has 0 saturated heterocycles. The molecule has 0 saturated carbocycles. The van der Waals surface area contributed by atoms with E-state index < -0.39 is 0 Å². The molecule has 2 N–H and O–H groups in total.